The zero-order valence-corrected chi connectivity index (χ0v) is 17.9. The number of hydrogen-bond donors (Lipinski definition) is 3. The Balaban J connectivity index is 0.00000159. The van der Waals surface area contributed by atoms with E-state index in [2.05, 4.69) is 4.99 Å². The number of Topliss-reactive ketones (excluding diaryl/α,β-unsaturated/α-hetero) is 1. The summed E-state index contributed by atoms with van der Waals surface area (Å²) in [5.41, 5.74) is 15.5. The quantitative estimate of drug-likeness (QED) is 0.415. The SMILES string of the molecule is C.CC.CC.CC1=C(O)C(Cc2ccc(N)cc2)=CC(=Nc2ccc(N)cc2)C1=O. The summed E-state index contributed by atoms with van der Waals surface area (Å²) >= 11 is 0. The van der Waals surface area contributed by atoms with Gasteiger partial charge in [0, 0.05) is 28.9 Å². The third kappa shape index (κ3) is 6.92. The molecule has 0 fully saturated rings. The summed E-state index contributed by atoms with van der Waals surface area (Å²) in [6, 6.07) is 14.4. The van der Waals surface area contributed by atoms with E-state index >= 15 is 0 Å². The molecule has 0 heterocycles. The second kappa shape index (κ2) is 13.0. The van der Waals surface area contributed by atoms with Crippen molar-refractivity contribution in [3.63, 3.8) is 0 Å². The molecular weight excluding hydrogens is 374 g/mol. The number of nitrogens with two attached hydrogens (primary N) is 2. The van der Waals surface area contributed by atoms with Crippen molar-refractivity contribution in [1.82, 2.24) is 0 Å². The molecule has 0 aliphatic heterocycles. The van der Waals surface area contributed by atoms with Gasteiger partial charge in [0.05, 0.1) is 5.69 Å². The number of nitrogen functional groups attached to an aromatic ring is 2. The van der Waals surface area contributed by atoms with Gasteiger partial charge in [0.15, 0.2) is 0 Å². The average Bonchev–Trinajstić information content (AvgIpc) is 2.76. The lowest BCUT2D eigenvalue weighted by Gasteiger charge is -2.16. The molecule has 30 heavy (non-hydrogen) atoms. The number of aliphatic hydroxyl groups excluding tert-OH is 1. The molecule has 5 heteroatoms. The first-order chi connectivity index (χ1) is 13.9. The molecule has 5 N–H and O–H groups in total. The Morgan fingerprint density at radius 1 is 0.867 bits per heavy atom. The number of hydrogen-bond acceptors (Lipinski definition) is 5. The molecule has 0 bridgehead atoms. The van der Waals surface area contributed by atoms with Gasteiger partial charge in [0.2, 0.25) is 5.78 Å². The van der Waals surface area contributed by atoms with Gasteiger partial charge in [-0.25, -0.2) is 4.99 Å². The van der Waals surface area contributed by atoms with Crippen LogP contribution in [0.5, 0.6) is 0 Å². The molecule has 5 nitrogen and oxygen atoms in total. The summed E-state index contributed by atoms with van der Waals surface area (Å²) in [7, 11) is 0. The van der Waals surface area contributed by atoms with Crippen molar-refractivity contribution in [2.24, 2.45) is 4.99 Å². The van der Waals surface area contributed by atoms with E-state index in [-0.39, 0.29) is 19.0 Å². The Bertz CT molecular complexity index is 906. The summed E-state index contributed by atoms with van der Waals surface area (Å²) in [5.74, 6) is -0.270. The number of nitrogens with zero attached hydrogens (tertiary/aromatic N) is 1. The predicted molar refractivity (Wildman–Crippen MR) is 130 cm³/mol. The Hall–Kier alpha value is -3.34. The van der Waals surface area contributed by atoms with Gasteiger partial charge in [0.1, 0.15) is 11.5 Å². The molecule has 0 radical (unpaired) electrons. The highest BCUT2D eigenvalue weighted by atomic mass is 16.3. The highest BCUT2D eigenvalue weighted by Gasteiger charge is 2.24. The first kappa shape index (κ1) is 26.7. The topological polar surface area (TPSA) is 102 Å². The molecule has 0 spiro atoms. The van der Waals surface area contributed by atoms with Crippen LogP contribution in [0.1, 0.15) is 47.6 Å². The Morgan fingerprint density at radius 3 is 1.83 bits per heavy atom. The molecule has 2 aromatic rings. The van der Waals surface area contributed by atoms with E-state index in [0.717, 1.165) is 5.56 Å². The van der Waals surface area contributed by atoms with Gasteiger partial charge < -0.3 is 16.6 Å². The van der Waals surface area contributed by atoms with E-state index in [0.29, 0.717) is 40.3 Å². The molecule has 2 aromatic carbocycles. The Morgan fingerprint density at radius 2 is 1.33 bits per heavy atom. The second-order valence-corrected chi connectivity index (χ2v) is 5.98. The summed E-state index contributed by atoms with van der Waals surface area (Å²) in [4.78, 5) is 16.8. The lowest BCUT2D eigenvalue weighted by Crippen LogP contribution is -2.21. The van der Waals surface area contributed by atoms with E-state index in [1.54, 1.807) is 49.4 Å². The van der Waals surface area contributed by atoms with Gasteiger partial charge in [-0.3, -0.25) is 4.79 Å². The van der Waals surface area contributed by atoms with Crippen LogP contribution in [-0.2, 0) is 11.2 Å². The molecule has 0 saturated carbocycles. The van der Waals surface area contributed by atoms with Crippen LogP contribution in [-0.4, -0.2) is 16.6 Å². The predicted octanol–water partition coefficient (Wildman–Crippen LogP) is 6.20. The second-order valence-electron chi connectivity index (χ2n) is 5.98. The maximum Gasteiger partial charge on any atom is 0.210 e. The Labute approximate surface area is 180 Å². The van der Waals surface area contributed by atoms with Crippen LogP contribution in [0.2, 0.25) is 0 Å². The minimum Gasteiger partial charge on any atom is -0.507 e. The monoisotopic (exact) mass is 409 g/mol. The number of rotatable bonds is 3. The summed E-state index contributed by atoms with van der Waals surface area (Å²) in [6.07, 6.45) is 2.12. The molecule has 0 atom stereocenters. The maximum atomic E-state index is 12.4. The molecule has 1 aliphatic rings. The van der Waals surface area contributed by atoms with Crippen LogP contribution in [0, 0.1) is 0 Å². The van der Waals surface area contributed by atoms with Crippen molar-refractivity contribution in [1.29, 1.82) is 0 Å². The largest absolute Gasteiger partial charge is 0.507 e. The first-order valence-electron chi connectivity index (χ1n) is 9.88. The number of aliphatic imine (C=N–C) groups is 1. The van der Waals surface area contributed by atoms with Crippen LogP contribution in [0.4, 0.5) is 17.1 Å². The zero-order chi connectivity index (χ0) is 22.0. The van der Waals surface area contributed by atoms with Crippen LogP contribution >= 0.6 is 0 Å². The van der Waals surface area contributed by atoms with E-state index in [9.17, 15) is 9.90 Å². The minimum absolute atomic E-state index is 0. The van der Waals surface area contributed by atoms with Crippen LogP contribution in [0.25, 0.3) is 0 Å². The highest BCUT2D eigenvalue weighted by molar-refractivity contribution is 6.51. The number of anilines is 2. The van der Waals surface area contributed by atoms with Crippen molar-refractivity contribution in [3.8, 4) is 0 Å². The molecule has 1 aliphatic carbocycles. The van der Waals surface area contributed by atoms with E-state index < -0.39 is 0 Å². The lowest BCUT2D eigenvalue weighted by atomic mass is 9.91. The fourth-order valence-electron chi connectivity index (χ4n) is 2.60. The van der Waals surface area contributed by atoms with Crippen molar-refractivity contribution in [3.05, 3.63) is 77.1 Å². The fraction of sp³-hybridized carbons (Fsp3) is 0.280. The van der Waals surface area contributed by atoms with Crippen molar-refractivity contribution < 1.29 is 9.90 Å². The van der Waals surface area contributed by atoms with Gasteiger partial charge in [0.25, 0.3) is 0 Å². The number of aliphatic hydroxyl groups is 1. The number of benzene rings is 2. The minimum atomic E-state index is -0.282. The lowest BCUT2D eigenvalue weighted by molar-refractivity contribution is -0.109. The molecule has 3 rings (SSSR count). The standard InChI is InChI=1S/C20H19N3O2.2C2H6.CH4/c1-12-19(24)14(10-13-2-4-15(21)5-3-13)11-18(20(12)25)23-17-8-6-16(22)7-9-17;2*1-2;/h2-9,11,24H,10,21-22H2,1H3;2*1-2H3;1H4. The van der Waals surface area contributed by atoms with Crippen LogP contribution in [0.3, 0.4) is 0 Å². The van der Waals surface area contributed by atoms with Gasteiger partial charge in [-0.2, -0.15) is 0 Å². The summed E-state index contributed by atoms with van der Waals surface area (Å²) < 4.78 is 0. The molecule has 0 saturated heterocycles. The number of carbonyl (C=O) groups excluding carboxylic acids is 1. The zero-order valence-electron chi connectivity index (χ0n) is 17.9. The normalized spacial score (nSPS) is 14.0. The van der Waals surface area contributed by atoms with Crippen molar-refractivity contribution >= 4 is 28.6 Å². The summed E-state index contributed by atoms with van der Waals surface area (Å²) in [5, 5.41) is 10.3. The van der Waals surface area contributed by atoms with E-state index in [4.69, 9.17) is 11.5 Å². The highest BCUT2D eigenvalue weighted by Crippen LogP contribution is 2.25. The van der Waals surface area contributed by atoms with Gasteiger partial charge in [-0.05, 0) is 55.0 Å². The molecule has 0 amide bonds. The third-order valence-electron chi connectivity index (χ3n) is 4.06. The number of allylic oxidation sites excluding steroid dienone is 3. The Kier molecular flexibility index (Phi) is 11.5. The summed E-state index contributed by atoms with van der Waals surface area (Å²) in [6.45, 7) is 9.60. The molecular formula is C25H35N3O2. The molecule has 0 aromatic heterocycles. The van der Waals surface area contributed by atoms with Gasteiger partial charge >= 0.3 is 0 Å². The van der Waals surface area contributed by atoms with Crippen molar-refractivity contribution in [2.45, 2.75) is 48.5 Å². The third-order valence-corrected chi connectivity index (χ3v) is 4.06. The van der Waals surface area contributed by atoms with Crippen LogP contribution in [0.15, 0.2) is 76.5 Å². The molecule has 0 unspecified atom stereocenters. The average molecular weight is 410 g/mol. The van der Waals surface area contributed by atoms with E-state index in [1.165, 1.54) is 0 Å². The van der Waals surface area contributed by atoms with Gasteiger partial charge in [-0.1, -0.05) is 47.3 Å². The van der Waals surface area contributed by atoms with Crippen LogP contribution < -0.4 is 11.5 Å². The fourth-order valence-corrected chi connectivity index (χ4v) is 2.60. The number of ketones is 1. The maximum absolute atomic E-state index is 12.4. The van der Waals surface area contributed by atoms with E-state index in [1.807, 2.05) is 39.8 Å². The first-order valence-corrected chi connectivity index (χ1v) is 9.88. The van der Waals surface area contributed by atoms with Gasteiger partial charge in [-0.15, -0.1) is 0 Å². The smallest absolute Gasteiger partial charge is 0.210 e. The number of carbonyl (C=O) groups is 1. The molecule has 162 valence electrons. The van der Waals surface area contributed by atoms with Crippen molar-refractivity contribution in [2.75, 3.05) is 11.5 Å².